The summed E-state index contributed by atoms with van der Waals surface area (Å²) in [5.74, 6) is 0.917. The van der Waals surface area contributed by atoms with Crippen molar-refractivity contribution in [3.05, 3.63) is 30.1 Å². The third-order valence-electron chi connectivity index (χ3n) is 2.26. The molecule has 1 unspecified atom stereocenters. The van der Waals surface area contributed by atoms with Crippen molar-refractivity contribution >= 4 is 5.84 Å². The third-order valence-corrected chi connectivity index (χ3v) is 2.26. The number of aromatic nitrogens is 1. The molecule has 0 aliphatic carbocycles. The summed E-state index contributed by atoms with van der Waals surface area (Å²) in [4.78, 5) is 10.7. The summed E-state index contributed by atoms with van der Waals surface area (Å²) in [6, 6.07) is 5.82. The van der Waals surface area contributed by atoms with Crippen LogP contribution in [-0.4, -0.2) is 35.0 Å². The van der Waals surface area contributed by atoms with E-state index in [-0.39, 0.29) is 6.17 Å². The Morgan fingerprint density at radius 2 is 2.36 bits per heavy atom. The Labute approximate surface area is 83.5 Å². The highest BCUT2D eigenvalue weighted by atomic mass is 15.3. The van der Waals surface area contributed by atoms with Gasteiger partial charge in [-0.15, -0.1) is 0 Å². The van der Waals surface area contributed by atoms with E-state index in [1.165, 1.54) is 0 Å². The van der Waals surface area contributed by atoms with E-state index in [2.05, 4.69) is 14.9 Å². The summed E-state index contributed by atoms with van der Waals surface area (Å²) < 4.78 is 0. The zero-order valence-corrected chi connectivity index (χ0v) is 8.22. The molecule has 0 radical (unpaired) electrons. The van der Waals surface area contributed by atoms with Gasteiger partial charge in [0, 0.05) is 12.7 Å². The van der Waals surface area contributed by atoms with E-state index < -0.39 is 0 Å². The monoisotopic (exact) mass is 190 g/mol. The molecular weight excluding hydrogens is 176 g/mol. The van der Waals surface area contributed by atoms with Crippen LogP contribution in [0.2, 0.25) is 0 Å². The Balaban J connectivity index is 2.26. The number of hydrogen-bond acceptors (Lipinski definition) is 4. The number of amidine groups is 1. The van der Waals surface area contributed by atoms with Gasteiger partial charge in [0.2, 0.25) is 0 Å². The maximum absolute atomic E-state index is 5.84. The summed E-state index contributed by atoms with van der Waals surface area (Å²) in [6.07, 6.45) is 1.77. The highest BCUT2D eigenvalue weighted by Gasteiger charge is 2.21. The zero-order chi connectivity index (χ0) is 9.97. The quantitative estimate of drug-likeness (QED) is 0.736. The lowest BCUT2D eigenvalue weighted by atomic mass is 10.3. The van der Waals surface area contributed by atoms with Crippen molar-refractivity contribution in [1.82, 2.24) is 9.88 Å². The smallest absolute Gasteiger partial charge is 0.151 e. The molecule has 0 aromatic carbocycles. The number of hydrogen-bond donors (Lipinski definition) is 1. The molecule has 1 aromatic heterocycles. The first-order chi connectivity index (χ1) is 6.79. The lowest BCUT2D eigenvalue weighted by Crippen LogP contribution is -2.42. The number of pyridine rings is 1. The van der Waals surface area contributed by atoms with Gasteiger partial charge in [-0.3, -0.25) is 9.98 Å². The standard InChI is InChI=1S/C10H14N4/c1-8(11)14-7-6-13-10(14)9-4-2-3-5-12-9/h2-5,8H,6-7,11H2,1H3. The molecule has 4 heteroatoms. The van der Waals surface area contributed by atoms with E-state index in [0.717, 1.165) is 24.6 Å². The lowest BCUT2D eigenvalue weighted by Gasteiger charge is -2.23. The maximum atomic E-state index is 5.84. The first-order valence-electron chi connectivity index (χ1n) is 4.77. The Morgan fingerprint density at radius 1 is 1.50 bits per heavy atom. The topological polar surface area (TPSA) is 54.5 Å². The molecule has 0 fully saturated rings. The fourth-order valence-corrected chi connectivity index (χ4v) is 1.58. The van der Waals surface area contributed by atoms with E-state index in [1.807, 2.05) is 25.1 Å². The predicted octanol–water partition coefficient (Wildman–Crippen LogP) is 0.448. The number of nitrogens with two attached hydrogens (primary N) is 1. The fourth-order valence-electron chi connectivity index (χ4n) is 1.58. The second-order valence-corrected chi connectivity index (χ2v) is 3.35. The maximum Gasteiger partial charge on any atom is 0.151 e. The van der Waals surface area contributed by atoms with Crippen LogP contribution in [0.15, 0.2) is 29.4 Å². The summed E-state index contributed by atoms with van der Waals surface area (Å²) in [5, 5.41) is 0. The minimum Gasteiger partial charge on any atom is -0.338 e. The van der Waals surface area contributed by atoms with Gasteiger partial charge in [0.25, 0.3) is 0 Å². The van der Waals surface area contributed by atoms with Crippen LogP contribution < -0.4 is 5.73 Å². The van der Waals surface area contributed by atoms with Crippen LogP contribution in [-0.2, 0) is 0 Å². The molecule has 2 N–H and O–H groups in total. The van der Waals surface area contributed by atoms with Crippen molar-refractivity contribution < 1.29 is 0 Å². The van der Waals surface area contributed by atoms with Crippen molar-refractivity contribution in [2.75, 3.05) is 13.1 Å². The minimum absolute atomic E-state index is 0.00161. The van der Waals surface area contributed by atoms with Crippen LogP contribution in [0.5, 0.6) is 0 Å². The second kappa shape index (κ2) is 3.75. The Hall–Kier alpha value is -1.42. The largest absolute Gasteiger partial charge is 0.338 e. The van der Waals surface area contributed by atoms with Crippen LogP contribution in [0.4, 0.5) is 0 Å². The average molecular weight is 190 g/mol. The molecule has 0 amide bonds. The van der Waals surface area contributed by atoms with Gasteiger partial charge in [0.05, 0.1) is 12.7 Å². The van der Waals surface area contributed by atoms with E-state index in [9.17, 15) is 0 Å². The van der Waals surface area contributed by atoms with E-state index in [1.54, 1.807) is 6.20 Å². The van der Waals surface area contributed by atoms with E-state index in [0.29, 0.717) is 0 Å². The fraction of sp³-hybridized carbons (Fsp3) is 0.400. The summed E-state index contributed by atoms with van der Waals surface area (Å²) in [7, 11) is 0. The van der Waals surface area contributed by atoms with Crippen molar-refractivity contribution in [2.24, 2.45) is 10.7 Å². The predicted molar refractivity (Wildman–Crippen MR) is 56.0 cm³/mol. The van der Waals surface area contributed by atoms with Gasteiger partial charge in [-0.1, -0.05) is 6.07 Å². The van der Waals surface area contributed by atoms with Crippen molar-refractivity contribution in [2.45, 2.75) is 13.1 Å². The highest BCUT2D eigenvalue weighted by molar-refractivity contribution is 5.98. The molecule has 2 rings (SSSR count). The second-order valence-electron chi connectivity index (χ2n) is 3.35. The first kappa shape index (κ1) is 9.15. The van der Waals surface area contributed by atoms with Crippen molar-refractivity contribution in [3.8, 4) is 0 Å². The zero-order valence-electron chi connectivity index (χ0n) is 8.22. The van der Waals surface area contributed by atoms with Gasteiger partial charge in [-0.2, -0.15) is 0 Å². The van der Waals surface area contributed by atoms with Gasteiger partial charge >= 0.3 is 0 Å². The SMILES string of the molecule is CC(N)N1CCN=C1c1ccccn1. The summed E-state index contributed by atoms with van der Waals surface area (Å²) in [6.45, 7) is 3.67. The molecule has 0 spiro atoms. The van der Waals surface area contributed by atoms with Crippen LogP contribution in [0, 0.1) is 0 Å². The molecule has 0 saturated heterocycles. The summed E-state index contributed by atoms with van der Waals surface area (Å²) >= 11 is 0. The van der Waals surface area contributed by atoms with Gasteiger partial charge in [-0.25, -0.2) is 0 Å². The van der Waals surface area contributed by atoms with Gasteiger partial charge in [-0.05, 0) is 19.1 Å². The Bertz CT molecular complexity index is 331. The van der Waals surface area contributed by atoms with Crippen LogP contribution in [0.3, 0.4) is 0 Å². The van der Waals surface area contributed by atoms with E-state index in [4.69, 9.17) is 5.73 Å². The Morgan fingerprint density at radius 3 is 3.00 bits per heavy atom. The van der Waals surface area contributed by atoms with Crippen molar-refractivity contribution in [3.63, 3.8) is 0 Å². The number of aliphatic imine (C=N–C) groups is 1. The molecule has 0 saturated carbocycles. The molecule has 14 heavy (non-hydrogen) atoms. The molecular formula is C10H14N4. The molecule has 0 bridgehead atoms. The minimum atomic E-state index is -0.00161. The third kappa shape index (κ3) is 1.61. The molecule has 4 nitrogen and oxygen atoms in total. The molecule has 1 aliphatic rings. The average Bonchev–Trinajstić information content (AvgIpc) is 2.67. The highest BCUT2D eigenvalue weighted by Crippen LogP contribution is 2.10. The van der Waals surface area contributed by atoms with Crippen molar-refractivity contribution in [1.29, 1.82) is 0 Å². The molecule has 74 valence electrons. The Kier molecular flexibility index (Phi) is 2.45. The van der Waals surface area contributed by atoms with Gasteiger partial charge in [0.15, 0.2) is 5.84 Å². The normalized spacial score (nSPS) is 18.1. The van der Waals surface area contributed by atoms with Crippen LogP contribution in [0.1, 0.15) is 12.6 Å². The van der Waals surface area contributed by atoms with Crippen LogP contribution >= 0.6 is 0 Å². The molecule has 1 aliphatic heterocycles. The lowest BCUT2D eigenvalue weighted by molar-refractivity contribution is 0.366. The molecule has 1 aromatic rings. The number of nitrogens with zero attached hydrogens (tertiary/aromatic N) is 3. The van der Waals surface area contributed by atoms with Crippen LogP contribution in [0.25, 0.3) is 0 Å². The first-order valence-corrected chi connectivity index (χ1v) is 4.77. The summed E-state index contributed by atoms with van der Waals surface area (Å²) in [5.41, 5.74) is 6.75. The van der Waals surface area contributed by atoms with Gasteiger partial charge < -0.3 is 10.6 Å². The molecule has 2 heterocycles. The van der Waals surface area contributed by atoms with Gasteiger partial charge in [0.1, 0.15) is 5.69 Å². The molecule has 1 atom stereocenters. The number of rotatable bonds is 2. The van der Waals surface area contributed by atoms with E-state index >= 15 is 0 Å².